The number of fused-ring (bicyclic) bond motifs is 1. The molecule has 3 heteroatoms. The fourth-order valence-corrected chi connectivity index (χ4v) is 2.90. The van der Waals surface area contributed by atoms with E-state index in [0.29, 0.717) is 21.9 Å². The highest BCUT2D eigenvalue weighted by molar-refractivity contribution is 6.32. The fraction of sp³-hybridized carbons (Fsp3) is 0.0455. The first-order valence-corrected chi connectivity index (χ1v) is 8.07. The first-order valence-electron chi connectivity index (χ1n) is 7.69. The van der Waals surface area contributed by atoms with Crippen LogP contribution in [0.3, 0.4) is 0 Å². The minimum absolute atomic E-state index is 0.160. The van der Waals surface area contributed by atoms with E-state index in [9.17, 15) is 5.26 Å². The summed E-state index contributed by atoms with van der Waals surface area (Å²) in [5.41, 5.74) is 1.96. The molecule has 0 aromatic heterocycles. The van der Waals surface area contributed by atoms with E-state index in [-0.39, 0.29) is 6.61 Å². The molecule has 0 heterocycles. The van der Waals surface area contributed by atoms with Crippen molar-refractivity contribution in [3.05, 3.63) is 76.8 Å². The van der Waals surface area contributed by atoms with Crippen LogP contribution in [0.25, 0.3) is 22.4 Å². The number of nitriles is 1. The van der Waals surface area contributed by atoms with Crippen molar-refractivity contribution >= 4 is 34.0 Å². The van der Waals surface area contributed by atoms with Crippen LogP contribution in [0.4, 0.5) is 0 Å². The van der Waals surface area contributed by atoms with Gasteiger partial charge < -0.3 is 4.74 Å². The second-order valence-corrected chi connectivity index (χ2v) is 5.75. The van der Waals surface area contributed by atoms with E-state index >= 15 is 0 Å². The number of rotatable bonds is 4. The summed E-state index contributed by atoms with van der Waals surface area (Å²) in [6.07, 6.45) is 7.12. The third-order valence-corrected chi connectivity index (χ3v) is 4.14. The SMILES string of the molecule is C#CCOc1ccc2ccccc2c1C=C(C#N)c1ccccc1Cl. The number of terminal acetylenes is 1. The topological polar surface area (TPSA) is 33.0 Å². The molecule has 0 bridgehead atoms. The normalized spacial score (nSPS) is 10.9. The van der Waals surface area contributed by atoms with Crippen LogP contribution >= 0.6 is 11.6 Å². The van der Waals surface area contributed by atoms with Crippen LogP contribution in [-0.4, -0.2) is 6.61 Å². The predicted octanol–water partition coefficient (Wildman–Crippen LogP) is 5.57. The zero-order valence-electron chi connectivity index (χ0n) is 13.4. The maximum Gasteiger partial charge on any atom is 0.148 e. The number of benzene rings is 3. The van der Waals surface area contributed by atoms with Gasteiger partial charge in [0.15, 0.2) is 0 Å². The van der Waals surface area contributed by atoms with E-state index in [0.717, 1.165) is 16.3 Å². The van der Waals surface area contributed by atoms with Gasteiger partial charge in [-0.05, 0) is 29.0 Å². The molecule has 0 amide bonds. The zero-order chi connectivity index (χ0) is 17.6. The standard InChI is InChI=1S/C22H14ClNO/c1-2-13-25-22-12-11-16-7-3-4-8-18(16)20(22)14-17(15-24)19-9-5-6-10-21(19)23/h1,3-12,14H,13H2. The van der Waals surface area contributed by atoms with Crippen molar-refractivity contribution in [2.24, 2.45) is 0 Å². The number of hydrogen-bond donors (Lipinski definition) is 0. The van der Waals surface area contributed by atoms with Crippen molar-refractivity contribution < 1.29 is 4.74 Å². The molecule has 0 aliphatic rings. The maximum absolute atomic E-state index is 9.65. The largest absolute Gasteiger partial charge is 0.480 e. The smallest absolute Gasteiger partial charge is 0.148 e. The van der Waals surface area contributed by atoms with Crippen molar-refractivity contribution in [1.29, 1.82) is 5.26 Å². The fourth-order valence-electron chi connectivity index (χ4n) is 2.66. The van der Waals surface area contributed by atoms with E-state index in [1.807, 2.05) is 54.6 Å². The summed E-state index contributed by atoms with van der Waals surface area (Å²) in [5, 5.41) is 12.2. The first kappa shape index (κ1) is 16.7. The van der Waals surface area contributed by atoms with Gasteiger partial charge in [-0.3, -0.25) is 0 Å². The van der Waals surface area contributed by atoms with Crippen molar-refractivity contribution in [3.63, 3.8) is 0 Å². The Balaban J connectivity index is 2.24. The number of halogens is 1. The Morgan fingerprint density at radius 3 is 2.60 bits per heavy atom. The molecule has 0 fully saturated rings. The van der Waals surface area contributed by atoms with Crippen LogP contribution in [-0.2, 0) is 0 Å². The quantitative estimate of drug-likeness (QED) is 0.352. The molecule has 25 heavy (non-hydrogen) atoms. The molecule has 0 saturated heterocycles. The highest BCUT2D eigenvalue weighted by Gasteiger charge is 2.11. The molecule has 0 spiro atoms. The van der Waals surface area contributed by atoms with Crippen molar-refractivity contribution in [2.75, 3.05) is 6.61 Å². The molecular formula is C22H14ClNO. The first-order chi connectivity index (χ1) is 12.2. The Hall–Kier alpha value is -3.20. The average Bonchev–Trinajstić information content (AvgIpc) is 2.65. The molecule has 0 aliphatic heterocycles. The number of nitrogens with zero attached hydrogens (tertiary/aromatic N) is 1. The highest BCUT2D eigenvalue weighted by Crippen LogP contribution is 2.33. The molecule has 3 aromatic rings. The lowest BCUT2D eigenvalue weighted by Crippen LogP contribution is -1.96. The van der Waals surface area contributed by atoms with Crippen LogP contribution in [0.2, 0.25) is 5.02 Å². The Kier molecular flexibility index (Phi) is 5.05. The van der Waals surface area contributed by atoms with E-state index in [2.05, 4.69) is 12.0 Å². The summed E-state index contributed by atoms with van der Waals surface area (Å²) in [6.45, 7) is 0.160. The van der Waals surface area contributed by atoms with Gasteiger partial charge in [0.25, 0.3) is 0 Å². The number of hydrogen-bond acceptors (Lipinski definition) is 2. The molecule has 0 saturated carbocycles. The Morgan fingerprint density at radius 2 is 1.84 bits per heavy atom. The zero-order valence-corrected chi connectivity index (χ0v) is 14.1. The molecule has 0 radical (unpaired) electrons. The third-order valence-electron chi connectivity index (χ3n) is 3.81. The molecule has 3 aromatic carbocycles. The van der Waals surface area contributed by atoms with E-state index < -0.39 is 0 Å². The summed E-state index contributed by atoms with van der Waals surface area (Å²) in [7, 11) is 0. The van der Waals surface area contributed by atoms with Crippen LogP contribution in [0.1, 0.15) is 11.1 Å². The summed E-state index contributed by atoms with van der Waals surface area (Å²) >= 11 is 6.26. The van der Waals surface area contributed by atoms with Crippen molar-refractivity contribution in [2.45, 2.75) is 0 Å². The van der Waals surface area contributed by atoms with Crippen molar-refractivity contribution in [3.8, 4) is 24.2 Å². The van der Waals surface area contributed by atoms with Gasteiger partial charge in [0.05, 0.1) is 11.6 Å². The maximum atomic E-state index is 9.65. The summed E-state index contributed by atoms with van der Waals surface area (Å²) in [4.78, 5) is 0. The summed E-state index contributed by atoms with van der Waals surface area (Å²) in [5.74, 6) is 3.11. The van der Waals surface area contributed by atoms with Gasteiger partial charge in [-0.15, -0.1) is 6.42 Å². The average molecular weight is 344 g/mol. The second kappa shape index (κ2) is 7.58. The van der Waals surface area contributed by atoms with Crippen LogP contribution in [0, 0.1) is 23.7 Å². The van der Waals surface area contributed by atoms with Crippen LogP contribution in [0.15, 0.2) is 60.7 Å². The lowest BCUT2D eigenvalue weighted by Gasteiger charge is -2.11. The highest BCUT2D eigenvalue weighted by atomic mass is 35.5. The molecule has 120 valence electrons. The monoisotopic (exact) mass is 343 g/mol. The Bertz CT molecular complexity index is 1040. The lowest BCUT2D eigenvalue weighted by atomic mass is 9.98. The van der Waals surface area contributed by atoms with Gasteiger partial charge in [-0.1, -0.05) is 66.1 Å². The predicted molar refractivity (Wildman–Crippen MR) is 103 cm³/mol. The molecule has 0 N–H and O–H groups in total. The number of allylic oxidation sites excluding steroid dienone is 1. The number of ether oxygens (including phenoxy) is 1. The van der Waals surface area contributed by atoms with Gasteiger partial charge in [-0.2, -0.15) is 5.26 Å². The van der Waals surface area contributed by atoms with Crippen LogP contribution < -0.4 is 4.74 Å². The molecule has 2 nitrogen and oxygen atoms in total. The third kappa shape index (κ3) is 3.50. The van der Waals surface area contributed by atoms with E-state index in [4.69, 9.17) is 22.8 Å². The molecule has 0 unspecified atom stereocenters. The lowest BCUT2D eigenvalue weighted by molar-refractivity contribution is 0.370. The summed E-state index contributed by atoms with van der Waals surface area (Å²) in [6, 6.07) is 21.3. The Labute approximate surface area is 151 Å². The van der Waals surface area contributed by atoms with Gasteiger partial charge in [0.2, 0.25) is 0 Å². The second-order valence-electron chi connectivity index (χ2n) is 5.34. The van der Waals surface area contributed by atoms with Crippen molar-refractivity contribution in [1.82, 2.24) is 0 Å². The van der Waals surface area contributed by atoms with Crippen LogP contribution in [0.5, 0.6) is 5.75 Å². The minimum atomic E-state index is 0.160. The van der Waals surface area contributed by atoms with Gasteiger partial charge >= 0.3 is 0 Å². The van der Waals surface area contributed by atoms with Gasteiger partial charge in [-0.25, -0.2) is 0 Å². The molecule has 0 aliphatic carbocycles. The minimum Gasteiger partial charge on any atom is -0.480 e. The van der Waals surface area contributed by atoms with Gasteiger partial charge in [0.1, 0.15) is 12.4 Å². The molecular weight excluding hydrogens is 330 g/mol. The van der Waals surface area contributed by atoms with E-state index in [1.165, 1.54) is 0 Å². The van der Waals surface area contributed by atoms with Gasteiger partial charge in [0, 0.05) is 16.1 Å². The molecule has 0 atom stereocenters. The molecule has 3 rings (SSSR count). The van der Waals surface area contributed by atoms with E-state index in [1.54, 1.807) is 12.1 Å². The Morgan fingerprint density at radius 1 is 1.08 bits per heavy atom. The summed E-state index contributed by atoms with van der Waals surface area (Å²) < 4.78 is 5.68.